The Labute approximate surface area is 93.6 Å². The van der Waals surface area contributed by atoms with Gasteiger partial charge in [-0.1, -0.05) is 27.2 Å². The van der Waals surface area contributed by atoms with Gasteiger partial charge in [-0.05, 0) is 25.3 Å². The Morgan fingerprint density at radius 2 is 2.00 bits per heavy atom. The summed E-state index contributed by atoms with van der Waals surface area (Å²) in [6, 6.07) is 0.125. The van der Waals surface area contributed by atoms with Crippen molar-refractivity contribution in [1.82, 2.24) is 5.32 Å². The lowest BCUT2D eigenvalue weighted by atomic mass is 9.97. The van der Waals surface area contributed by atoms with Crippen molar-refractivity contribution >= 4 is 9.84 Å². The van der Waals surface area contributed by atoms with Crippen LogP contribution in [0.4, 0.5) is 0 Å². The van der Waals surface area contributed by atoms with Crippen LogP contribution in [0.15, 0.2) is 0 Å². The summed E-state index contributed by atoms with van der Waals surface area (Å²) in [5, 5.41) is 3.17. The van der Waals surface area contributed by atoms with E-state index in [-0.39, 0.29) is 11.3 Å². The first kappa shape index (κ1) is 13.0. The molecule has 2 unspecified atom stereocenters. The molecule has 3 nitrogen and oxygen atoms in total. The lowest BCUT2D eigenvalue weighted by molar-refractivity contribution is 0.363. The Morgan fingerprint density at radius 3 is 2.47 bits per heavy atom. The molecule has 0 amide bonds. The predicted octanol–water partition coefficient (Wildman–Crippen LogP) is 1.59. The van der Waals surface area contributed by atoms with Crippen molar-refractivity contribution in [3.8, 4) is 0 Å². The average Bonchev–Trinajstić information content (AvgIpc) is 2.14. The van der Waals surface area contributed by atoms with Gasteiger partial charge >= 0.3 is 0 Å². The van der Waals surface area contributed by atoms with Gasteiger partial charge in [-0.2, -0.15) is 0 Å². The van der Waals surface area contributed by atoms with E-state index < -0.39 is 9.84 Å². The fourth-order valence-corrected chi connectivity index (χ4v) is 4.71. The Balaban J connectivity index is 2.81. The van der Waals surface area contributed by atoms with Crippen molar-refractivity contribution in [2.75, 3.05) is 12.3 Å². The minimum absolute atomic E-state index is 0.125. The number of sulfone groups is 1. The van der Waals surface area contributed by atoms with Gasteiger partial charge in [0.1, 0.15) is 0 Å². The van der Waals surface area contributed by atoms with Crippen LogP contribution in [0.5, 0.6) is 0 Å². The number of hydrogen-bond donors (Lipinski definition) is 1. The number of rotatable bonds is 4. The van der Waals surface area contributed by atoms with Gasteiger partial charge < -0.3 is 5.32 Å². The highest BCUT2D eigenvalue weighted by Gasteiger charge is 2.36. The van der Waals surface area contributed by atoms with Gasteiger partial charge in [-0.25, -0.2) is 8.42 Å². The van der Waals surface area contributed by atoms with Crippen LogP contribution in [-0.4, -0.2) is 32.0 Å². The van der Waals surface area contributed by atoms with Crippen molar-refractivity contribution < 1.29 is 8.42 Å². The topological polar surface area (TPSA) is 46.2 Å². The van der Waals surface area contributed by atoms with Crippen LogP contribution in [0, 0.1) is 5.92 Å². The fraction of sp³-hybridized carbons (Fsp3) is 1.00. The third kappa shape index (κ3) is 3.18. The summed E-state index contributed by atoms with van der Waals surface area (Å²) in [7, 11) is -2.85. The lowest BCUT2D eigenvalue weighted by Crippen LogP contribution is -2.49. The van der Waals surface area contributed by atoms with E-state index in [1.54, 1.807) is 0 Å². The van der Waals surface area contributed by atoms with Gasteiger partial charge in [0.05, 0.1) is 11.0 Å². The van der Waals surface area contributed by atoms with Gasteiger partial charge in [-0.15, -0.1) is 0 Å². The molecule has 1 saturated heterocycles. The molecule has 15 heavy (non-hydrogen) atoms. The smallest absolute Gasteiger partial charge is 0.154 e. The normalized spacial score (nSPS) is 27.9. The summed E-state index contributed by atoms with van der Waals surface area (Å²) in [6.07, 6.45) is 2.73. The van der Waals surface area contributed by atoms with Crippen LogP contribution in [0.25, 0.3) is 0 Å². The summed E-state index contributed by atoms with van der Waals surface area (Å²) >= 11 is 0. The molecule has 1 N–H and O–H groups in total. The minimum Gasteiger partial charge on any atom is -0.313 e. The maximum Gasteiger partial charge on any atom is 0.154 e. The zero-order valence-corrected chi connectivity index (χ0v) is 10.8. The molecule has 0 bridgehead atoms. The molecule has 1 aliphatic rings. The van der Waals surface area contributed by atoms with E-state index in [1.165, 1.54) is 0 Å². The predicted molar refractivity (Wildman–Crippen MR) is 63.7 cm³/mol. The summed E-state index contributed by atoms with van der Waals surface area (Å²) in [5.74, 6) is 0.759. The zero-order chi connectivity index (χ0) is 11.5. The molecule has 0 spiro atoms. The highest BCUT2D eigenvalue weighted by Crippen LogP contribution is 2.25. The summed E-state index contributed by atoms with van der Waals surface area (Å²) in [4.78, 5) is 0. The van der Waals surface area contributed by atoms with Crippen molar-refractivity contribution in [2.45, 2.75) is 51.3 Å². The van der Waals surface area contributed by atoms with Crippen LogP contribution in [0.2, 0.25) is 0 Å². The average molecular weight is 233 g/mol. The summed E-state index contributed by atoms with van der Waals surface area (Å²) < 4.78 is 23.9. The first-order valence-electron chi connectivity index (χ1n) is 5.94. The van der Waals surface area contributed by atoms with Gasteiger partial charge in [0.25, 0.3) is 0 Å². The van der Waals surface area contributed by atoms with Crippen LogP contribution >= 0.6 is 0 Å². The van der Waals surface area contributed by atoms with Crippen LogP contribution in [0.1, 0.15) is 40.0 Å². The molecule has 1 rings (SSSR count). The summed E-state index contributed by atoms with van der Waals surface area (Å²) in [5.41, 5.74) is 0. The van der Waals surface area contributed by atoms with Crippen molar-refractivity contribution in [2.24, 2.45) is 5.92 Å². The third-order valence-corrected chi connectivity index (χ3v) is 5.50. The van der Waals surface area contributed by atoms with E-state index in [1.807, 2.05) is 6.92 Å². The second-order valence-electron chi connectivity index (χ2n) is 4.73. The van der Waals surface area contributed by atoms with E-state index in [0.29, 0.717) is 11.7 Å². The molecular weight excluding hydrogens is 210 g/mol. The van der Waals surface area contributed by atoms with E-state index in [9.17, 15) is 8.42 Å². The number of nitrogens with one attached hydrogen (secondary N) is 1. The Hall–Kier alpha value is -0.0900. The summed E-state index contributed by atoms with van der Waals surface area (Å²) in [6.45, 7) is 7.06. The molecule has 2 atom stereocenters. The molecule has 0 aromatic heterocycles. The fourth-order valence-electron chi connectivity index (χ4n) is 2.41. The van der Waals surface area contributed by atoms with E-state index in [4.69, 9.17) is 0 Å². The second kappa shape index (κ2) is 5.30. The Bertz CT molecular complexity index is 285. The Morgan fingerprint density at radius 1 is 1.33 bits per heavy atom. The number of hydrogen-bond acceptors (Lipinski definition) is 3. The molecule has 1 aliphatic heterocycles. The van der Waals surface area contributed by atoms with E-state index in [2.05, 4.69) is 19.2 Å². The molecule has 0 aliphatic carbocycles. The third-order valence-electron chi connectivity index (χ3n) is 3.19. The maximum absolute atomic E-state index is 12.0. The standard InChI is InChI=1S/C11H23NO2S/c1-4-12-11(9(2)3)10-7-5-6-8-15(10,13)14/h9-12H,4-8H2,1-3H3. The molecule has 0 aromatic rings. The lowest BCUT2D eigenvalue weighted by Gasteiger charge is -2.33. The molecular formula is C11H23NO2S. The molecule has 90 valence electrons. The van der Waals surface area contributed by atoms with Gasteiger partial charge in [-0.3, -0.25) is 0 Å². The molecule has 0 aromatic carbocycles. The van der Waals surface area contributed by atoms with Crippen LogP contribution in [0.3, 0.4) is 0 Å². The first-order chi connectivity index (χ1) is 6.99. The Kier molecular flexibility index (Phi) is 4.59. The highest BCUT2D eigenvalue weighted by atomic mass is 32.2. The van der Waals surface area contributed by atoms with Crippen LogP contribution < -0.4 is 5.32 Å². The molecule has 1 heterocycles. The van der Waals surface area contributed by atoms with E-state index in [0.717, 1.165) is 25.8 Å². The van der Waals surface area contributed by atoms with E-state index >= 15 is 0 Å². The molecule has 1 fully saturated rings. The zero-order valence-electron chi connectivity index (χ0n) is 9.99. The minimum atomic E-state index is -2.85. The second-order valence-corrected chi connectivity index (χ2v) is 7.07. The van der Waals surface area contributed by atoms with Gasteiger partial charge in [0, 0.05) is 6.04 Å². The van der Waals surface area contributed by atoms with Gasteiger partial charge in [0.15, 0.2) is 9.84 Å². The monoisotopic (exact) mass is 233 g/mol. The largest absolute Gasteiger partial charge is 0.313 e. The van der Waals surface area contributed by atoms with Crippen molar-refractivity contribution in [3.05, 3.63) is 0 Å². The SMILES string of the molecule is CCNC(C(C)C)C1CCCCS1(=O)=O. The van der Waals surface area contributed by atoms with Crippen molar-refractivity contribution in [1.29, 1.82) is 0 Å². The van der Waals surface area contributed by atoms with Gasteiger partial charge in [0.2, 0.25) is 0 Å². The molecule has 0 radical (unpaired) electrons. The van der Waals surface area contributed by atoms with Crippen molar-refractivity contribution in [3.63, 3.8) is 0 Å². The highest BCUT2D eigenvalue weighted by molar-refractivity contribution is 7.92. The first-order valence-corrected chi connectivity index (χ1v) is 7.65. The molecule has 0 saturated carbocycles. The molecule has 4 heteroatoms. The maximum atomic E-state index is 12.0. The quantitative estimate of drug-likeness (QED) is 0.802. The van der Waals surface area contributed by atoms with Crippen LogP contribution in [-0.2, 0) is 9.84 Å².